The Morgan fingerprint density at radius 1 is 1.08 bits per heavy atom. The van der Waals surface area contributed by atoms with Crippen molar-refractivity contribution in [2.45, 2.75) is 19.5 Å². The van der Waals surface area contributed by atoms with Crippen molar-refractivity contribution in [1.29, 1.82) is 0 Å². The fourth-order valence-electron chi connectivity index (χ4n) is 2.29. The van der Waals surface area contributed by atoms with Crippen molar-refractivity contribution in [2.24, 2.45) is 4.99 Å². The monoisotopic (exact) mass is 458 g/mol. The van der Waals surface area contributed by atoms with E-state index in [0.29, 0.717) is 0 Å². The highest BCUT2D eigenvalue weighted by Crippen LogP contribution is 2.08. The maximum Gasteiger partial charge on any atom is 0.191 e. The molecule has 2 rings (SSSR count). The molecule has 24 heavy (non-hydrogen) atoms. The van der Waals surface area contributed by atoms with Crippen molar-refractivity contribution >= 4 is 41.3 Å². The Labute approximate surface area is 166 Å². The second kappa shape index (κ2) is 11.4. The number of aliphatic imine (C=N–C) groups is 1. The first-order valence-electron chi connectivity index (χ1n) is 7.87. The summed E-state index contributed by atoms with van der Waals surface area (Å²) >= 11 is 1.79. The molecule has 2 aromatic rings. The molecular weight excluding hydrogens is 431 g/mol. The number of nitrogens with zero attached hydrogens (tertiary/aromatic N) is 2. The molecule has 0 atom stereocenters. The van der Waals surface area contributed by atoms with Crippen LogP contribution in [0.5, 0.6) is 0 Å². The Morgan fingerprint density at radius 3 is 2.38 bits per heavy atom. The van der Waals surface area contributed by atoms with E-state index in [9.17, 15) is 0 Å². The lowest BCUT2D eigenvalue weighted by molar-refractivity contribution is 0.402. The fraction of sp³-hybridized carbons (Fsp3) is 0.389. The standard InChI is InChI=1S/C18H26N4S.HI/c1-19-18(20-11-10-17-5-4-12-23-17)21-13-15-6-8-16(9-7-15)14-22(2)3;/h4-9,12H,10-11,13-14H2,1-3H3,(H2,19,20,21);1H. The summed E-state index contributed by atoms with van der Waals surface area (Å²) in [5.74, 6) is 0.846. The number of guanidine groups is 1. The molecule has 0 aliphatic heterocycles. The third-order valence-electron chi connectivity index (χ3n) is 3.45. The molecular formula is C18H27IN4S. The van der Waals surface area contributed by atoms with E-state index in [1.807, 2.05) is 0 Å². The van der Waals surface area contributed by atoms with Gasteiger partial charge in [-0.15, -0.1) is 35.3 Å². The smallest absolute Gasteiger partial charge is 0.191 e. The van der Waals surface area contributed by atoms with Crippen molar-refractivity contribution in [3.8, 4) is 0 Å². The molecule has 1 aromatic carbocycles. The molecule has 0 unspecified atom stereocenters. The van der Waals surface area contributed by atoms with Gasteiger partial charge < -0.3 is 15.5 Å². The van der Waals surface area contributed by atoms with Crippen LogP contribution in [0.15, 0.2) is 46.8 Å². The molecule has 2 N–H and O–H groups in total. The maximum atomic E-state index is 4.27. The SMILES string of the molecule is CN=C(NCCc1cccs1)NCc1ccc(CN(C)C)cc1.I. The van der Waals surface area contributed by atoms with E-state index in [0.717, 1.165) is 32.0 Å². The van der Waals surface area contributed by atoms with Crippen LogP contribution in [0.25, 0.3) is 0 Å². The minimum atomic E-state index is 0. The van der Waals surface area contributed by atoms with Crippen LogP contribution in [0.3, 0.4) is 0 Å². The van der Waals surface area contributed by atoms with Gasteiger partial charge in [0.2, 0.25) is 0 Å². The molecule has 132 valence electrons. The first-order valence-corrected chi connectivity index (χ1v) is 8.75. The van der Waals surface area contributed by atoms with Crippen molar-refractivity contribution < 1.29 is 0 Å². The Hall–Kier alpha value is -1.12. The topological polar surface area (TPSA) is 39.7 Å². The zero-order chi connectivity index (χ0) is 16.5. The first-order chi connectivity index (χ1) is 11.2. The highest BCUT2D eigenvalue weighted by molar-refractivity contribution is 14.0. The van der Waals surface area contributed by atoms with Crippen LogP contribution < -0.4 is 10.6 Å². The van der Waals surface area contributed by atoms with Crippen molar-refractivity contribution in [3.05, 3.63) is 57.8 Å². The van der Waals surface area contributed by atoms with Gasteiger partial charge >= 0.3 is 0 Å². The number of rotatable bonds is 7. The molecule has 0 saturated carbocycles. The van der Waals surface area contributed by atoms with E-state index in [1.165, 1.54) is 16.0 Å². The van der Waals surface area contributed by atoms with E-state index in [4.69, 9.17) is 0 Å². The second-order valence-electron chi connectivity index (χ2n) is 5.74. The van der Waals surface area contributed by atoms with Crippen LogP contribution in [-0.4, -0.2) is 38.5 Å². The molecule has 0 aliphatic rings. The summed E-state index contributed by atoms with van der Waals surface area (Å²) in [4.78, 5) is 7.84. The normalized spacial score (nSPS) is 11.2. The van der Waals surface area contributed by atoms with Crippen LogP contribution >= 0.6 is 35.3 Å². The fourth-order valence-corrected chi connectivity index (χ4v) is 3.00. The molecule has 0 radical (unpaired) electrons. The molecule has 0 fully saturated rings. The van der Waals surface area contributed by atoms with E-state index in [-0.39, 0.29) is 24.0 Å². The summed E-state index contributed by atoms with van der Waals surface area (Å²) in [6.45, 7) is 2.64. The van der Waals surface area contributed by atoms with E-state index >= 15 is 0 Å². The summed E-state index contributed by atoms with van der Waals surface area (Å²) in [5.41, 5.74) is 2.59. The first kappa shape index (κ1) is 20.9. The quantitative estimate of drug-likeness (QED) is 0.380. The summed E-state index contributed by atoms with van der Waals surface area (Å²) in [6, 6.07) is 13.0. The molecule has 1 heterocycles. The largest absolute Gasteiger partial charge is 0.356 e. The molecule has 0 bridgehead atoms. The average molecular weight is 458 g/mol. The summed E-state index contributed by atoms with van der Waals surface area (Å²) in [5, 5.41) is 8.83. The van der Waals surface area contributed by atoms with Crippen molar-refractivity contribution in [3.63, 3.8) is 0 Å². The number of hydrogen-bond donors (Lipinski definition) is 2. The molecule has 4 nitrogen and oxygen atoms in total. The van der Waals surface area contributed by atoms with Crippen LogP contribution in [-0.2, 0) is 19.5 Å². The Balaban J connectivity index is 0.00000288. The number of hydrogen-bond acceptors (Lipinski definition) is 3. The van der Waals surface area contributed by atoms with Crippen LogP contribution in [0.1, 0.15) is 16.0 Å². The van der Waals surface area contributed by atoms with Gasteiger partial charge in [-0.1, -0.05) is 30.3 Å². The number of benzene rings is 1. The van der Waals surface area contributed by atoms with Crippen LogP contribution in [0.4, 0.5) is 0 Å². The number of halogens is 1. The van der Waals surface area contributed by atoms with Gasteiger partial charge in [0.1, 0.15) is 0 Å². The highest BCUT2D eigenvalue weighted by atomic mass is 127. The van der Waals surface area contributed by atoms with E-state index in [1.54, 1.807) is 18.4 Å². The predicted octanol–water partition coefficient (Wildman–Crippen LogP) is 3.34. The molecule has 0 aliphatic carbocycles. The van der Waals surface area contributed by atoms with Crippen LogP contribution in [0.2, 0.25) is 0 Å². The molecule has 0 spiro atoms. The molecule has 1 aromatic heterocycles. The lowest BCUT2D eigenvalue weighted by atomic mass is 10.1. The summed E-state index contributed by atoms with van der Waals surface area (Å²) in [7, 11) is 5.98. The zero-order valence-corrected chi connectivity index (χ0v) is 17.7. The number of nitrogens with one attached hydrogen (secondary N) is 2. The predicted molar refractivity (Wildman–Crippen MR) is 115 cm³/mol. The van der Waals surface area contributed by atoms with E-state index in [2.05, 4.69) is 76.4 Å². The molecule has 0 amide bonds. The Kier molecular flexibility index (Phi) is 9.97. The van der Waals surface area contributed by atoms with Gasteiger partial charge in [-0.25, -0.2) is 0 Å². The van der Waals surface area contributed by atoms with Gasteiger partial charge in [0.25, 0.3) is 0 Å². The summed E-state index contributed by atoms with van der Waals surface area (Å²) < 4.78 is 0. The number of thiophene rings is 1. The lowest BCUT2D eigenvalue weighted by Gasteiger charge is -2.13. The summed E-state index contributed by atoms with van der Waals surface area (Å²) in [6.07, 6.45) is 1.03. The zero-order valence-electron chi connectivity index (χ0n) is 14.6. The third kappa shape index (κ3) is 7.63. The minimum Gasteiger partial charge on any atom is -0.356 e. The second-order valence-corrected chi connectivity index (χ2v) is 6.77. The Bertz CT molecular complexity index is 594. The van der Waals surface area contributed by atoms with Crippen LogP contribution in [0, 0.1) is 0 Å². The molecule has 0 saturated heterocycles. The van der Waals surface area contributed by atoms with Gasteiger partial charge in [-0.05, 0) is 43.1 Å². The highest BCUT2D eigenvalue weighted by Gasteiger charge is 2.00. The Morgan fingerprint density at radius 2 is 1.79 bits per heavy atom. The molecule has 6 heteroatoms. The average Bonchev–Trinajstić information content (AvgIpc) is 3.05. The van der Waals surface area contributed by atoms with Gasteiger partial charge in [-0.3, -0.25) is 4.99 Å². The third-order valence-corrected chi connectivity index (χ3v) is 4.39. The van der Waals surface area contributed by atoms with E-state index < -0.39 is 0 Å². The van der Waals surface area contributed by atoms with Gasteiger partial charge in [0, 0.05) is 31.6 Å². The lowest BCUT2D eigenvalue weighted by Crippen LogP contribution is -2.37. The van der Waals surface area contributed by atoms with Gasteiger partial charge in [0.15, 0.2) is 5.96 Å². The van der Waals surface area contributed by atoms with Gasteiger partial charge in [-0.2, -0.15) is 0 Å². The van der Waals surface area contributed by atoms with Gasteiger partial charge in [0.05, 0.1) is 0 Å². The van der Waals surface area contributed by atoms with Crippen molar-refractivity contribution in [2.75, 3.05) is 27.7 Å². The maximum absolute atomic E-state index is 4.27. The minimum absolute atomic E-state index is 0. The van der Waals surface area contributed by atoms with Crippen molar-refractivity contribution in [1.82, 2.24) is 15.5 Å².